The van der Waals surface area contributed by atoms with Crippen molar-refractivity contribution in [1.29, 1.82) is 0 Å². The van der Waals surface area contributed by atoms with E-state index in [4.69, 9.17) is 4.74 Å². The summed E-state index contributed by atoms with van der Waals surface area (Å²) in [6.07, 6.45) is 0. The number of benzene rings is 2. The number of carbonyl (C=O) groups is 1. The first-order chi connectivity index (χ1) is 8.84. The van der Waals surface area contributed by atoms with Crippen LogP contribution in [-0.4, -0.2) is 23.0 Å². The summed E-state index contributed by atoms with van der Waals surface area (Å²) in [6.45, 7) is 0.258. The number of hydrogen-bond donors (Lipinski definition) is 0. The Bertz CT molecular complexity index is 549. The van der Waals surface area contributed by atoms with Gasteiger partial charge in [-0.2, -0.15) is 0 Å². The number of cyclic esters (lactones) is 1. The van der Waals surface area contributed by atoms with Crippen LogP contribution in [0.15, 0.2) is 60.7 Å². The monoisotopic (exact) mass is 238 g/mol. The minimum atomic E-state index is -0.224. The molecule has 0 aliphatic carbocycles. The number of rotatable bonds is 2. The second-order valence-electron chi connectivity index (χ2n) is 4.07. The van der Waals surface area contributed by atoms with E-state index in [2.05, 4.69) is 0 Å². The van der Waals surface area contributed by atoms with Gasteiger partial charge in [0.15, 0.2) is 0 Å². The summed E-state index contributed by atoms with van der Waals surface area (Å²) >= 11 is 0. The average Bonchev–Trinajstić information content (AvgIpc) is 2.83. The lowest BCUT2D eigenvalue weighted by atomic mass is 10.2. The molecule has 18 heavy (non-hydrogen) atoms. The summed E-state index contributed by atoms with van der Waals surface area (Å²) in [4.78, 5) is 11.5. The molecule has 3 nitrogen and oxygen atoms in total. The summed E-state index contributed by atoms with van der Waals surface area (Å²) in [5.74, 6) is 0.379. The van der Waals surface area contributed by atoms with E-state index in [-0.39, 0.29) is 12.5 Å². The van der Waals surface area contributed by atoms with Gasteiger partial charge in [-0.3, -0.25) is 0 Å². The third-order valence-corrected chi connectivity index (χ3v) is 2.83. The molecule has 2 aromatic carbocycles. The van der Waals surface area contributed by atoms with Crippen LogP contribution in [0.2, 0.25) is 0 Å². The Kier molecular flexibility index (Phi) is 2.65. The maximum absolute atomic E-state index is 11.5. The zero-order chi connectivity index (χ0) is 12.4. The van der Waals surface area contributed by atoms with Crippen LogP contribution in [0.25, 0.3) is 0 Å². The molecule has 1 aliphatic heterocycles. The Hall–Kier alpha value is -2.42. The van der Waals surface area contributed by atoms with Crippen LogP contribution in [0.5, 0.6) is 0 Å². The molecule has 0 amide bonds. The summed E-state index contributed by atoms with van der Waals surface area (Å²) in [5.41, 5.74) is 1.87. The lowest BCUT2D eigenvalue weighted by Gasteiger charge is -1.98. The zero-order valence-electron chi connectivity index (χ0n) is 9.74. The molecule has 0 unspecified atom stereocenters. The predicted octanol–water partition coefficient (Wildman–Crippen LogP) is 2.33. The molecule has 0 spiro atoms. The molecule has 2 aromatic rings. The predicted molar refractivity (Wildman–Crippen MR) is 67.9 cm³/mol. The Balaban J connectivity index is 2.11. The van der Waals surface area contributed by atoms with Gasteiger partial charge in [0.05, 0.1) is 5.56 Å². The van der Waals surface area contributed by atoms with Crippen molar-refractivity contribution in [3.8, 4) is 0 Å². The summed E-state index contributed by atoms with van der Waals surface area (Å²) in [5, 5.41) is 0. The molecule has 0 bridgehead atoms. The third kappa shape index (κ3) is 1.91. The molecule has 0 aromatic heterocycles. The number of esters is 1. The lowest BCUT2D eigenvalue weighted by molar-refractivity contribution is -0.422. The molecule has 1 aliphatic rings. The highest BCUT2D eigenvalue weighted by atomic mass is 16.6. The fourth-order valence-electron chi connectivity index (χ4n) is 2.01. The van der Waals surface area contributed by atoms with Crippen LogP contribution in [0.3, 0.4) is 0 Å². The molecule has 0 saturated heterocycles. The fourth-order valence-corrected chi connectivity index (χ4v) is 2.01. The molecular weight excluding hydrogens is 226 g/mol. The molecule has 88 valence electrons. The van der Waals surface area contributed by atoms with Crippen molar-refractivity contribution in [2.45, 2.75) is 0 Å². The minimum Gasteiger partial charge on any atom is -0.365 e. The van der Waals surface area contributed by atoms with E-state index in [9.17, 15) is 4.79 Å². The largest absolute Gasteiger partial charge is 0.384 e. The third-order valence-electron chi connectivity index (χ3n) is 2.83. The van der Waals surface area contributed by atoms with Gasteiger partial charge in [-0.05, 0) is 12.1 Å². The second kappa shape index (κ2) is 4.45. The fraction of sp³-hybridized carbons (Fsp3) is 0.0667. The van der Waals surface area contributed by atoms with Crippen LogP contribution in [0.1, 0.15) is 5.56 Å². The van der Waals surface area contributed by atoms with Gasteiger partial charge in [-0.25, -0.2) is 4.79 Å². The number of para-hydroxylation sites is 1. The topological polar surface area (TPSA) is 29.3 Å². The maximum Gasteiger partial charge on any atom is 0.384 e. The van der Waals surface area contributed by atoms with Crippen molar-refractivity contribution in [3.05, 3.63) is 66.2 Å². The summed E-state index contributed by atoms with van der Waals surface area (Å²) < 4.78 is 7.20. The van der Waals surface area contributed by atoms with Crippen LogP contribution < -0.4 is 0 Å². The SMILES string of the molecule is O=C1C[N+](c2ccccc2)=C(c2ccccc2)O1. The Morgan fingerprint density at radius 3 is 2.17 bits per heavy atom. The van der Waals surface area contributed by atoms with Crippen molar-refractivity contribution < 1.29 is 14.1 Å². The summed E-state index contributed by atoms with van der Waals surface area (Å²) in [6, 6.07) is 19.4. The number of hydrogen-bond acceptors (Lipinski definition) is 2. The van der Waals surface area contributed by atoms with Crippen molar-refractivity contribution in [3.63, 3.8) is 0 Å². The van der Waals surface area contributed by atoms with Gasteiger partial charge in [-0.15, -0.1) is 4.58 Å². The first-order valence-corrected chi connectivity index (χ1v) is 5.80. The average molecular weight is 238 g/mol. The molecule has 3 heteroatoms. The van der Waals surface area contributed by atoms with E-state index in [1.54, 1.807) is 0 Å². The molecule has 0 atom stereocenters. The van der Waals surface area contributed by atoms with Crippen molar-refractivity contribution >= 4 is 17.6 Å². The molecule has 0 fully saturated rings. The zero-order valence-corrected chi connectivity index (χ0v) is 9.74. The number of ether oxygens (including phenoxy) is 1. The molecule has 0 N–H and O–H groups in total. The van der Waals surface area contributed by atoms with E-state index < -0.39 is 0 Å². The van der Waals surface area contributed by atoms with Gasteiger partial charge in [0.25, 0.3) is 0 Å². The van der Waals surface area contributed by atoms with Gasteiger partial charge in [0, 0.05) is 12.1 Å². The van der Waals surface area contributed by atoms with Crippen LogP contribution in [0, 0.1) is 0 Å². The van der Waals surface area contributed by atoms with Crippen molar-refractivity contribution in [2.75, 3.05) is 6.54 Å². The standard InChI is InChI=1S/C15H12NO2/c17-14-11-16(13-9-5-2-6-10-13)15(18-14)12-7-3-1-4-8-12/h1-10H,11H2/q+1. The molecular formula is C15H12NO2+. The van der Waals surface area contributed by atoms with Crippen molar-refractivity contribution in [2.24, 2.45) is 0 Å². The van der Waals surface area contributed by atoms with Crippen LogP contribution >= 0.6 is 0 Å². The van der Waals surface area contributed by atoms with Gasteiger partial charge in [0.2, 0.25) is 12.2 Å². The first kappa shape index (κ1) is 10.7. The van der Waals surface area contributed by atoms with Crippen LogP contribution in [0.4, 0.5) is 5.69 Å². The Morgan fingerprint density at radius 1 is 0.889 bits per heavy atom. The smallest absolute Gasteiger partial charge is 0.365 e. The van der Waals surface area contributed by atoms with E-state index in [0.29, 0.717) is 5.90 Å². The summed E-state index contributed by atoms with van der Waals surface area (Å²) in [7, 11) is 0. The minimum absolute atomic E-state index is 0.224. The van der Waals surface area contributed by atoms with Gasteiger partial charge in [0.1, 0.15) is 0 Å². The van der Waals surface area contributed by atoms with E-state index in [1.165, 1.54) is 0 Å². The molecule has 1 heterocycles. The highest BCUT2D eigenvalue weighted by molar-refractivity contribution is 6.01. The molecule has 3 rings (SSSR count). The number of carbonyl (C=O) groups excluding carboxylic acids is 1. The number of nitrogens with zero attached hydrogens (tertiary/aromatic N) is 1. The van der Waals surface area contributed by atoms with E-state index >= 15 is 0 Å². The first-order valence-electron chi connectivity index (χ1n) is 5.80. The highest BCUT2D eigenvalue weighted by Gasteiger charge is 2.34. The van der Waals surface area contributed by atoms with Gasteiger partial charge in [-0.1, -0.05) is 36.4 Å². The molecule has 0 radical (unpaired) electrons. The van der Waals surface area contributed by atoms with Gasteiger partial charge < -0.3 is 4.74 Å². The van der Waals surface area contributed by atoms with Crippen LogP contribution in [-0.2, 0) is 9.53 Å². The quantitative estimate of drug-likeness (QED) is 0.593. The second-order valence-corrected chi connectivity index (χ2v) is 4.07. The van der Waals surface area contributed by atoms with Crippen molar-refractivity contribution in [1.82, 2.24) is 0 Å². The van der Waals surface area contributed by atoms with E-state index in [0.717, 1.165) is 11.3 Å². The Labute approximate surface area is 105 Å². The Morgan fingerprint density at radius 2 is 1.50 bits per heavy atom. The van der Waals surface area contributed by atoms with Gasteiger partial charge >= 0.3 is 11.9 Å². The highest BCUT2D eigenvalue weighted by Crippen LogP contribution is 2.18. The van der Waals surface area contributed by atoms with E-state index in [1.807, 2.05) is 65.2 Å². The molecule has 0 saturated carbocycles. The normalized spacial score (nSPS) is 14.8. The lowest BCUT2D eigenvalue weighted by Crippen LogP contribution is -2.11. The maximum atomic E-state index is 11.5.